The summed E-state index contributed by atoms with van der Waals surface area (Å²) in [5, 5.41) is 9.71. The van der Waals surface area contributed by atoms with Crippen LogP contribution in [-0.2, 0) is 6.42 Å². The van der Waals surface area contributed by atoms with Crippen molar-refractivity contribution in [1.82, 2.24) is 0 Å². The summed E-state index contributed by atoms with van der Waals surface area (Å²) >= 11 is 0. The Bertz CT molecular complexity index is 368. The second-order valence-corrected chi connectivity index (χ2v) is 5.43. The highest BCUT2D eigenvalue weighted by Crippen LogP contribution is 2.21. The number of phenolic OH excluding ortho intramolecular Hbond substituents is 1. The molecule has 0 fully saturated rings. The molecule has 1 rings (SSSR count). The second kappa shape index (κ2) is 9.66. The zero-order valence-electron chi connectivity index (χ0n) is 12.3. The fraction of sp³-hybridized carbons (Fsp3) is 0.556. The highest BCUT2D eigenvalue weighted by Gasteiger charge is 2.02. The molecule has 1 nitrogen and oxygen atoms in total. The lowest BCUT2D eigenvalue weighted by Crippen LogP contribution is -1.91. The summed E-state index contributed by atoms with van der Waals surface area (Å²) < 4.78 is 0. The molecule has 1 aromatic carbocycles. The van der Waals surface area contributed by atoms with Gasteiger partial charge >= 0.3 is 0 Å². The molecule has 0 atom stereocenters. The highest BCUT2D eigenvalue weighted by atomic mass is 16.3. The summed E-state index contributed by atoms with van der Waals surface area (Å²) in [7, 11) is 0. The number of benzene rings is 1. The first-order valence-corrected chi connectivity index (χ1v) is 7.67. The van der Waals surface area contributed by atoms with E-state index in [1.165, 1.54) is 50.5 Å². The van der Waals surface area contributed by atoms with Crippen LogP contribution in [0.2, 0.25) is 0 Å². The van der Waals surface area contributed by atoms with E-state index in [2.05, 4.69) is 13.5 Å². The van der Waals surface area contributed by atoms with Gasteiger partial charge in [0.15, 0.2) is 0 Å². The Morgan fingerprint density at radius 1 is 1.00 bits per heavy atom. The Balaban J connectivity index is 2.10. The quantitative estimate of drug-likeness (QED) is 0.427. The molecule has 0 aliphatic carbocycles. The first-order chi connectivity index (χ1) is 9.24. The number of hydrogen-bond donors (Lipinski definition) is 1. The molecule has 0 aliphatic heterocycles. The smallest absolute Gasteiger partial charge is 0.119 e. The van der Waals surface area contributed by atoms with E-state index in [1.54, 1.807) is 6.07 Å². The number of hydrogen-bond acceptors (Lipinski definition) is 1. The SMILES string of the molecule is C=C(CCCCCCCCC)Cc1ccccc1O. The van der Waals surface area contributed by atoms with Crippen molar-refractivity contribution in [3.8, 4) is 5.75 Å². The van der Waals surface area contributed by atoms with Crippen molar-refractivity contribution >= 4 is 0 Å². The molecule has 1 heteroatoms. The number of allylic oxidation sites excluding steroid dienone is 1. The standard InChI is InChI=1S/C18H28O/c1-3-4-5-6-7-8-9-12-16(2)15-17-13-10-11-14-18(17)19/h10-11,13-14,19H,2-9,12,15H2,1H3. The van der Waals surface area contributed by atoms with Gasteiger partial charge < -0.3 is 5.11 Å². The van der Waals surface area contributed by atoms with Gasteiger partial charge in [0, 0.05) is 0 Å². The molecule has 0 amide bonds. The minimum Gasteiger partial charge on any atom is -0.508 e. The van der Waals surface area contributed by atoms with Crippen molar-refractivity contribution < 1.29 is 5.11 Å². The van der Waals surface area contributed by atoms with E-state index in [9.17, 15) is 5.11 Å². The summed E-state index contributed by atoms with van der Waals surface area (Å²) in [4.78, 5) is 0. The third-order valence-corrected chi connectivity index (χ3v) is 3.57. The van der Waals surface area contributed by atoms with Gasteiger partial charge in [0.1, 0.15) is 5.75 Å². The molecule has 19 heavy (non-hydrogen) atoms. The Kier molecular flexibility index (Phi) is 8.04. The summed E-state index contributed by atoms with van der Waals surface area (Å²) in [6.07, 6.45) is 11.2. The van der Waals surface area contributed by atoms with Crippen molar-refractivity contribution in [3.05, 3.63) is 42.0 Å². The van der Waals surface area contributed by atoms with Crippen LogP contribution in [0, 0.1) is 0 Å². The van der Waals surface area contributed by atoms with Crippen molar-refractivity contribution in [2.45, 2.75) is 64.7 Å². The van der Waals surface area contributed by atoms with Gasteiger partial charge in [-0.25, -0.2) is 0 Å². The average molecular weight is 260 g/mol. The fourth-order valence-corrected chi connectivity index (χ4v) is 2.35. The number of para-hydroxylation sites is 1. The Morgan fingerprint density at radius 2 is 1.63 bits per heavy atom. The van der Waals surface area contributed by atoms with Crippen LogP contribution in [0.25, 0.3) is 0 Å². The predicted octanol–water partition coefficient (Wildman–Crippen LogP) is 5.63. The maximum atomic E-state index is 9.71. The van der Waals surface area contributed by atoms with E-state index in [4.69, 9.17) is 0 Å². The maximum Gasteiger partial charge on any atom is 0.119 e. The van der Waals surface area contributed by atoms with Crippen molar-refractivity contribution in [1.29, 1.82) is 0 Å². The molecule has 0 spiro atoms. The van der Waals surface area contributed by atoms with Crippen LogP contribution in [0.4, 0.5) is 0 Å². The number of rotatable bonds is 10. The molecule has 0 unspecified atom stereocenters. The molecular formula is C18H28O. The van der Waals surface area contributed by atoms with Gasteiger partial charge in [0.25, 0.3) is 0 Å². The zero-order valence-corrected chi connectivity index (χ0v) is 12.3. The van der Waals surface area contributed by atoms with Crippen LogP contribution in [0.3, 0.4) is 0 Å². The molecule has 0 aromatic heterocycles. The van der Waals surface area contributed by atoms with Gasteiger partial charge in [-0.15, -0.1) is 0 Å². The van der Waals surface area contributed by atoms with Crippen LogP contribution >= 0.6 is 0 Å². The number of unbranched alkanes of at least 4 members (excludes halogenated alkanes) is 6. The average Bonchev–Trinajstić information content (AvgIpc) is 2.40. The zero-order chi connectivity index (χ0) is 13.9. The van der Waals surface area contributed by atoms with Crippen LogP contribution in [-0.4, -0.2) is 5.11 Å². The fourth-order valence-electron chi connectivity index (χ4n) is 2.35. The van der Waals surface area contributed by atoms with E-state index in [-0.39, 0.29) is 0 Å². The Morgan fingerprint density at radius 3 is 2.32 bits per heavy atom. The Labute approximate surface area is 118 Å². The van der Waals surface area contributed by atoms with Gasteiger partial charge in [-0.2, -0.15) is 0 Å². The van der Waals surface area contributed by atoms with Gasteiger partial charge in [-0.1, -0.05) is 75.8 Å². The minimum atomic E-state index is 0.392. The van der Waals surface area contributed by atoms with Crippen LogP contribution < -0.4 is 0 Å². The summed E-state index contributed by atoms with van der Waals surface area (Å²) in [5.41, 5.74) is 2.23. The third kappa shape index (κ3) is 7.05. The van der Waals surface area contributed by atoms with Gasteiger partial charge in [-0.3, -0.25) is 0 Å². The van der Waals surface area contributed by atoms with Crippen LogP contribution in [0.15, 0.2) is 36.4 Å². The van der Waals surface area contributed by atoms with Crippen LogP contribution in [0.1, 0.15) is 63.9 Å². The summed E-state index contributed by atoms with van der Waals surface area (Å²) in [5.74, 6) is 0.392. The molecule has 0 saturated heterocycles. The third-order valence-electron chi connectivity index (χ3n) is 3.57. The monoisotopic (exact) mass is 260 g/mol. The lowest BCUT2D eigenvalue weighted by molar-refractivity contribution is 0.469. The van der Waals surface area contributed by atoms with Gasteiger partial charge in [0.05, 0.1) is 0 Å². The predicted molar refractivity (Wildman–Crippen MR) is 83.6 cm³/mol. The number of phenols is 1. The molecule has 1 N–H and O–H groups in total. The van der Waals surface area contributed by atoms with E-state index in [0.717, 1.165) is 18.4 Å². The van der Waals surface area contributed by atoms with Gasteiger partial charge in [-0.05, 0) is 30.9 Å². The lowest BCUT2D eigenvalue weighted by Gasteiger charge is -2.07. The number of aromatic hydroxyl groups is 1. The molecule has 1 aromatic rings. The first-order valence-electron chi connectivity index (χ1n) is 7.67. The maximum absolute atomic E-state index is 9.71. The van der Waals surface area contributed by atoms with E-state index in [0.29, 0.717) is 5.75 Å². The first kappa shape index (κ1) is 15.8. The molecule has 0 aliphatic rings. The summed E-state index contributed by atoms with van der Waals surface area (Å²) in [6.45, 7) is 6.38. The molecular weight excluding hydrogens is 232 g/mol. The molecule has 0 saturated carbocycles. The second-order valence-electron chi connectivity index (χ2n) is 5.43. The lowest BCUT2D eigenvalue weighted by atomic mass is 10.00. The normalized spacial score (nSPS) is 10.6. The van der Waals surface area contributed by atoms with Crippen LogP contribution in [0.5, 0.6) is 5.75 Å². The van der Waals surface area contributed by atoms with Crippen molar-refractivity contribution in [3.63, 3.8) is 0 Å². The topological polar surface area (TPSA) is 20.2 Å². The molecule has 0 bridgehead atoms. The molecule has 0 radical (unpaired) electrons. The van der Waals surface area contributed by atoms with Crippen molar-refractivity contribution in [2.75, 3.05) is 0 Å². The highest BCUT2D eigenvalue weighted by molar-refractivity contribution is 5.34. The largest absolute Gasteiger partial charge is 0.508 e. The Hall–Kier alpha value is -1.24. The van der Waals surface area contributed by atoms with E-state index in [1.807, 2.05) is 18.2 Å². The summed E-state index contributed by atoms with van der Waals surface area (Å²) in [6, 6.07) is 7.55. The van der Waals surface area contributed by atoms with E-state index >= 15 is 0 Å². The molecule has 106 valence electrons. The van der Waals surface area contributed by atoms with Crippen molar-refractivity contribution in [2.24, 2.45) is 0 Å². The minimum absolute atomic E-state index is 0.392. The van der Waals surface area contributed by atoms with E-state index < -0.39 is 0 Å². The van der Waals surface area contributed by atoms with Gasteiger partial charge in [0.2, 0.25) is 0 Å². The molecule has 0 heterocycles.